The van der Waals surface area contributed by atoms with E-state index in [-0.39, 0.29) is 12.4 Å². The molecule has 1 N–H and O–H groups in total. The fraction of sp³-hybridized carbons (Fsp3) is 1.00. The molecule has 108 valence electrons. The summed E-state index contributed by atoms with van der Waals surface area (Å²) in [5.74, 6) is -3.50. The summed E-state index contributed by atoms with van der Waals surface area (Å²) in [5, 5.41) is -4.59. The molecule has 1 rings (SSSR count). The maximum Gasteiger partial charge on any atom is 0.538 e. The fourth-order valence-electron chi connectivity index (χ4n) is 1.73. The number of rotatable bonds is 6. The van der Waals surface area contributed by atoms with Crippen LogP contribution in [0.2, 0.25) is 0 Å². The van der Waals surface area contributed by atoms with E-state index in [1.807, 2.05) is 0 Å². The van der Waals surface area contributed by atoms with E-state index in [1.54, 1.807) is 6.92 Å². The van der Waals surface area contributed by atoms with Gasteiger partial charge in [-0.3, -0.25) is 9.42 Å². The van der Waals surface area contributed by atoms with Gasteiger partial charge in [-0.05, 0) is 13.3 Å². The minimum absolute atomic E-state index is 0.0360. The fourth-order valence-corrected chi connectivity index (χ4v) is 8.61. The predicted octanol–water partition coefficient (Wildman–Crippen LogP) is 3.46. The molecule has 0 aliphatic heterocycles. The van der Waals surface area contributed by atoms with Crippen LogP contribution in [0.4, 0.5) is 13.2 Å². The minimum atomic E-state index is -4.11. The van der Waals surface area contributed by atoms with E-state index in [9.17, 15) is 22.6 Å². The van der Waals surface area contributed by atoms with Crippen molar-refractivity contribution in [1.82, 2.24) is 0 Å². The molecule has 9 heteroatoms. The molecule has 1 saturated carbocycles. The van der Waals surface area contributed by atoms with Crippen molar-refractivity contribution in [1.29, 1.82) is 0 Å². The molecule has 4 unspecified atom stereocenters. The van der Waals surface area contributed by atoms with Gasteiger partial charge in [-0.25, -0.2) is 17.7 Å². The van der Waals surface area contributed by atoms with Crippen molar-refractivity contribution in [2.75, 3.05) is 12.4 Å². The van der Waals surface area contributed by atoms with E-state index >= 15 is 0 Å². The van der Waals surface area contributed by atoms with Crippen LogP contribution >= 0.6 is 18.4 Å². The molecule has 1 fully saturated rings. The zero-order valence-corrected chi connectivity index (χ0v) is 12.5. The van der Waals surface area contributed by atoms with Crippen molar-refractivity contribution in [2.45, 2.75) is 43.0 Å². The van der Waals surface area contributed by atoms with Crippen LogP contribution in [-0.4, -0.2) is 33.6 Å². The van der Waals surface area contributed by atoms with Crippen molar-refractivity contribution in [3.8, 4) is 0 Å². The van der Waals surface area contributed by atoms with Gasteiger partial charge in [0.1, 0.15) is 16.3 Å². The molecular formula is C9H16ClF3O3PS+. The second-order valence-corrected chi connectivity index (χ2v) is 10.3. The van der Waals surface area contributed by atoms with Crippen LogP contribution in [0.15, 0.2) is 0 Å². The summed E-state index contributed by atoms with van der Waals surface area (Å²) < 4.78 is 56.4. The lowest BCUT2D eigenvalue weighted by atomic mass is 9.90. The van der Waals surface area contributed by atoms with Gasteiger partial charge < -0.3 is 0 Å². The van der Waals surface area contributed by atoms with E-state index in [0.717, 1.165) is 0 Å². The standard InChI is InChI=1S/C9H15ClF3O3PS/c1-3-5-18(17(14,15)16-4-2)7-6-8(11,12)9(7,10)13/h7H,3-6H2,1-2H3/p+1. The summed E-state index contributed by atoms with van der Waals surface area (Å²) in [6.45, 7) is -0.915. The van der Waals surface area contributed by atoms with Crippen LogP contribution in [0.5, 0.6) is 0 Å². The smallest absolute Gasteiger partial charge is 0.284 e. The highest BCUT2D eigenvalue weighted by atomic mass is 35.5. The van der Waals surface area contributed by atoms with E-state index in [1.165, 1.54) is 6.92 Å². The predicted molar refractivity (Wildman–Crippen MR) is 67.0 cm³/mol. The van der Waals surface area contributed by atoms with Crippen LogP contribution in [0.1, 0.15) is 26.7 Å². The van der Waals surface area contributed by atoms with Gasteiger partial charge in [0.25, 0.3) is 5.13 Å². The third kappa shape index (κ3) is 2.85. The highest BCUT2D eigenvalue weighted by Gasteiger charge is 2.78. The molecule has 0 saturated heterocycles. The van der Waals surface area contributed by atoms with Crippen LogP contribution < -0.4 is 0 Å². The Balaban J connectivity index is 2.92. The van der Waals surface area contributed by atoms with E-state index in [4.69, 9.17) is 16.1 Å². The molecule has 0 aromatic heterocycles. The largest absolute Gasteiger partial charge is 0.538 e. The number of hydrogen-bond donors (Lipinski definition) is 1. The summed E-state index contributed by atoms with van der Waals surface area (Å²) in [5.41, 5.74) is 0. The van der Waals surface area contributed by atoms with Gasteiger partial charge in [0.15, 0.2) is 5.25 Å². The molecule has 3 nitrogen and oxygen atoms in total. The number of hydrogen-bond acceptors (Lipinski definition) is 2. The van der Waals surface area contributed by atoms with E-state index in [0.29, 0.717) is 6.42 Å². The third-order valence-electron chi connectivity index (χ3n) is 2.66. The first-order valence-corrected chi connectivity index (χ1v) is 9.55. The Bertz CT molecular complexity index is 356. The van der Waals surface area contributed by atoms with Gasteiger partial charge in [0, 0.05) is 0 Å². The lowest BCUT2D eigenvalue weighted by Crippen LogP contribution is -2.64. The first-order valence-electron chi connectivity index (χ1n) is 5.53. The first kappa shape index (κ1) is 16.6. The molecule has 0 bridgehead atoms. The zero-order valence-electron chi connectivity index (χ0n) is 10.0. The summed E-state index contributed by atoms with van der Waals surface area (Å²) >= 11 is 5.20. The molecular weight excluding hydrogens is 312 g/mol. The molecule has 4 atom stereocenters. The highest BCUT2D eigenvalue weighted by Crippen LogP contribution is 2.64. The Morgan fingerprint density at radius 2 is 2.06 bits per heavy atom. The Hall–Kier alpha value is 0.580. The molecule has 0 radical (unpaired) electrons. The molecule has 0 aromatic carbocycles. The Morgan fingerprint density at radius 1 is 1.50 bits per heavy atom. The summed E-state index contributed by atoms with van der Waals surface area (Å²) in [4.78, 5) is 9.72. The summed E-state index contributed by atoms with van der Waals surface area (Å²) in [7, 11) is -1.51. The second kappa shape index (κ2) is 5.52. The lowest BCUT2D eigenvalue weighted by molar-refractivity contribution is -0.161. The third-order valence-corrected chi connectivity index (χ3v) is 9.89. The average molecular weight is 328 g/mol. The Labute approximate surface area is 112 Å². The van der Waals surface area contributed by atoms with Crippen molar-refractivity contribution in [3.63, 3.8) is 0 Å². The lowest BCUT2D eigenvalue weighted by Gasteiger charge is -2.43. The summed E-state index contributed by atoms with van der Waals surface area (Å²) in [6.07, 6.45) is -0.344. The van der Waals surface area contributed by atoms with Gasteiger partial charge in [-0.1, -0.05) is 18.5 Å². The van der Waals surface area contributed by atoms with Gasteiger partial charge in [0.2, 0.25) is 0 Å². The summed E-state index contributed by atoms with van der Waals surface area (Å²) in [6, 6.07) is 0. The first-order chi connectivity index (χ1) is 8.10. The van der Waals surface area contributed by atoms with Gasteiger partial charge in [-0.2, -0.15) is 0 Å². The van der Waals surface area contributed by atoms with E-state index < -0.39 is 40.0 Å². The number of alkyl halides is 4. The van der Waals surface area contributed by atoms with Crippen LogP contribution in [0.25, 0.3) is 0 Å². The van der Waals surface area contributed by atoms with Crippen LogP contribution in [0.3, 0.4) is 0 Å². The quantitative estimate of drug-likeness (QED) is 0.461. The molecule has 0 spiro atoms. The van der Waals surface area contributed by atoms with Crippen LogP contribution in [0, 0.1) is 0 Å². The van der Waals surface area contributed by atoms with Crippen molar-refractivity contribution < 1.29 is 27.2 Å². The second-order valence-electron chi connectivity index (χ2n) is 4.01. The molecule has 0 aromatic rings. The van der Waals surface area contributed by atoms with Gasteiger partial charge in [-0.15, -0.1) is 0 Å². The molecule has 18 heavy (non-hydrogen) atoms. The molecule has 1 aliphatic carbocycles. The molecule has 0 amide bonds. The Kier molecular flexibility index (Phi) is 5.10. The minimum Gasteiger partial charge on any atom is -0.284 e. The highest BCUT2D eigenvalue weighted by molar-refractivity contribution is 8.52. The van der Waals surface area contributed by atoms with Crippen molar-refractivity contribution in [2.24, 2.45) is 0 Å². The molecule has 1 aliphatic rings. The van der Waals surface area contributed by atoms with Crippen molar-refractivity contribution >= 4 is 28.9 Å². The van der Waals surface area contributed by atoms with Gasteiger partial charge in [0.05, 0.1) is 13.0 Å². The monoisotopic (exact) mass is 327 g/mol. The Morgan fingerprint density at radius 3 is 2.39 bits per heavy atom. The maximum atomic E-state index is 13.7. The normalized spacial score (nSPS) is 35.6. The van der Waals surface area contributed by atoms with Crippen molar-refractivity contribution in [3.05, 3.63) is 0 Å². The zero-order chi connectivity index (χ0) is 14.2. The molecule has 0 heterocycles. The maximum absolute atomic E-state index is 13.7. The topological polar surface area (TPSA) is 46.5 Å². The van der Waals surface area contributed by atoms with E-state index in [2.05, 4.69) is 0 Å². The van der Waals surface area contributed by atoms with Gasteiger partial charge >= 0.3 is 12.7 Å². The van der Waals surface area contributed by atoms with Crippen LogP contribution in [-0.2, 0) is 19.6 Å². The SMILES string of the molecule is CCC[S+](C1CC(F)(F)C1(F)Cl)P(=O)(O)OCC. The average Bonchev–Trinajstić information content (AvgIpc) is 2.23. The number of halogens is 4.